The van der Waals surface area contributed by atoms with E-state index in [1.54, 1.807) is 4.52 Å². The van der Waals surface area contributed by atoms with Crippen LogP contribution in [0.3, 0.4) is 0 Å². The first-order valence-corrected chi connectivity index (χ1v) is 5.32. The molecule has 6 nitrogen and oxygen atoms in total. The molecule has 0 atom stereocenters. The van der Waals surface area contributed by atoms with Crippen LogP contribution < -0.4 is 0 Å². The molecule has 0 unspecified atom stereocenters. The molecule has 2 aromatic heterocycles. The number of hydrogen-bond donors (Lipinski definition) is 1. The molecule has 2 heterocycles. The Morgan fingerprint density at radius 2 is 2.31 bits per heavy atom. The summed E-state index contributed by atoms with van der Waals surface area (Å²) in [4.78, 5) is 14.8. The highest BCUT2D eigenvalue weighted by molar-refractivity contribution is 5.85. The average molecular weight is 220 g/mol. The van der Waals surface area contributed by atoms with Gasteiger partial charge < -0.3 is 5.11 Å². The molecule has 1 aliphatic rings. The summed E-state index contributed by atoms with van der Waals surface area (Å²) in [5.41, 5.74) is 0.0401. The standard InChI is InChI=1S/C10H12N4O2/c1-13-8(6-3-2-4-6)12-14-5-7(9(15)16)11-10(13)14/h5-6H,2-4H2,1H3,(H,15,16). The molecular formula is C10H12N4O2. The van der Waals surface area contributed by atoms with Crippen molar-refractivity contribution in [1.29, 1.82) is 0 Å². The second-order valence-corrected chi connectivity index (χ2v) is 4.22. The summed E-state index contributed by atoms with van der Waals surface area (Å²) >= 11 is 0. The number of aryl methyl sites for hydroxylation is 1. The van der Waals surface area contributed by atoms with E-state index in [9.17, 15) is 4.79 Å². The maximum atomic E-state index is 10.8. The molecule has 0 saturated heterocycles. The molecule has 0 aliphatic heterocycles. The second kappa shape index (κ2) is 3.07. The molecule has 0 spiro atoms. The molecule has 84 valence electrons. The van der Waals surface area contributed by atoms with Crippen LogP contribution in [0, 0.1) is 0 Å². The Morgan fingerprint density at radius 1 is 1.56 bits per heavy atom. The van der Waals surface area contributed by atoms with Gasteiger partial charge in [0.1, 0.15) is 5.82 Å². The number of carbonyl (C=O) groups is 1. The van der Waals surface area contributed by atoms with E-state index in [0.717, 1.165) is 5.82 Å². The van der Waals surface area contributed by atoms with E-state index < -0.39 is 5.97 Å². The van der Waals surface area contributed by atoms with Crippen molar-refractivity contribution < 1.29 is 9.90 Å². The fourth-order valence-electron chi connectivity index (χ4n) is 2.07. The molecule has 6 heteroatoms. The minimum absolute atomic E-state index is 0.0401. The van der Waals surface area contributed by atoms with Crippen molar-refractivity contribution in [3.05, 3.63) is 17.7 Å². The third-order valence-electron chi connectivity index (χ3n) is 3.21. The predicted octanol–water partition coefficient (Wildman–Crippen LogP) is 1.03. The summed E-state index contributed by atoms with van der Waals surface area (Å²) in [6.45, 7) is 0. The van der Waals surface area contributed by atoms with Crippen LogP contribution in [0.15, 0.2) is 6.20 Å². The zero-order chi connectivity index (χ0) is 11.3. The van der Waals surface area contributed by atoms with Gasteiger partial charge in [-0.25, -0.2) is 14.3 Å². The van der Waals surface area contributed by atoms with Crippen LogP contribution in [0.25, 0.3) is 5.78 Å². The van der Waals surface area contributed by atoms with Gasteiger partial charge in [0.15, 0.2) is 5.69 Å². The van der Waals surface area contributed by atoms with Crippen LogP contribution in [0.4, 0.5) is 0 Å². The predicted molar refractivity (Wildman–Crippen MR) is 55.5 cm³/mol. The highest BCUT2D eigenvalue weighted by Crippen LogP contribution is 2.35. The van der Waals surface area contributed by atoms with Gasteiger partial charge in [-0.1, -0.05) is 6.42 Å². The Kier molecular flexibility index (Phi) is 1.80. The summed E-state index contributed by atoms with van der Waals surface area (Å²) in [7, 11) is 1.88. The summed E-state index contributed by atoms with van der Waals surface area (Å²) < 4.78 is 3.44. The maximum absolute atomic E-state index is 10.8. The average Bonchev–Trinajstić information content (AvgIpc) is 2.66. The largest absolute Gasteiger partial charge is 0.476 e. The normalized spacial score (nSPS) is 16.6. The Bertz CT molecular complexity index is 565. The lowest BCUT2D eigenvalue weighted by atomic mass is 9.85. The van der Waals surface area contributed by atoms with Crippen molar-refractivity contribution in [1.82, 2.24) is 19.2 Å². The van der Waals surface area contributed by atoms with Gasteiger partial charge in [-0.2, -0.15) is 5.10 Å². The molecule has 0 radical (unpaired) electrons. The molecule has 16 heavy (non-hydrogen) atoms. The fraction of sp³-hybridized carbons (Fsp3) is 0.500. The maximum Gasteiger partial charge on any atom is 0.356 e. The number of rotatable bonds is 2. The van der Waals surface area contributed by atoms with Gasteiger partial charge in [-0.05, 0) is 12.8 Å². The van der Waals surface area contributed by atoms with E-state index in [1.807, 2.05) is 11.6 Å². The van der Waals surface area contributed by atoms with Gasteiger partial charge in [0.25, 0.3) is 0 Å². The number of carboxylic acid groups (broad SMARTS) is 1. The van der Waals surface area contributed by atoms with E-state index in [-0.39, 0.29) is 5.69 Å². The summed E-state index contributed by atoms with van der Waals surface area (Å²) in [6.07, 6.45) is 5.04. The zero-order valence-corrected chi connectivity index (χ0v) is 8.92. The number of hydrogen-bond acceptors (Lipinski definition) is 3. The Labute approximate surface area is 91.5 Å². The Hall–Kier alpha value is -1.85. The van der Waals surface area contributed by atoms with Gasteiger partial charge in [-0.3, -0.25) is 4.57 Å². The Morgan fingerprint density at radius 3 is 2.81 bits per heavy atom. The van der Waals surface area contributed by atoms with E-state index in [2.05, 4.69) is 10.1 Å². The van der Waals surface area contributed by atoms with E-state index in [0.29, 0.717) is 11.7 Å². The second-order valence-electron chi connectivity index (χ2n) is 4.22. The fourth-order valence-corrected chi connectivity index (χ4v) is 2.07. The lowest BCUT2D eigenvalue weighted by Crippen LogP contribution is -2.14. The zero-order valence-electron chi connectivity index (χ0n) is 8.92. The van der Waals surface area contributed by atoms with E-state index in [4.69, 9.17) is 5.11 Å². The number of aromatic carboxylic acids is 1. The smallest absolute Gasteiger partial charge is 0.356 e. The first kappa shape index (κ1) is 9.38. The number of imidazole rings is 1. The SMILES string of the molecule is Cn1c(C2CCC2)nn2cc(C(=O)O)nc12. The highest BCUT2D eigenvalue weighted by Gasteiger charge is 2.26. The number of nitrogens with zero attached hydrogens (tertiary/aromatic N) is 4. The van der Waals surface area contributed by atoms with Crippen molar-refractivity contribution >= 4 is 11.7 Å². The molecule has 1 aliphatic carbocycles. The third-order valence-corrected chi connectivity index (χ3v) is 3.21. The van der Waals surface area contributed by atoms with Crippen LogP contribution in [0.1, 0.15) is 41.5 Å². The molecule has 2 aromatic rings. The molecule has 0 bridgehead atoms. The van der Waals surface area contributed by atoms with Gasteiger partial charge in [0.2, 0.25) is 5.78 Å². The minimum Gasteiger partial charge on any atom is -0.476 e. The Balaban J connectivity index is 2.10. The lowest BCUT2D eigenvalue weighted by molar-refractivity contribution is 0.0691. The molecule has 0 aromatic carbocycles. The van der Waals surface area contributed by atoms with Crippen LogP contribution in [-0.4, -0.2) is 30.2 Å². The quantitative estimate of drug-likeness (QED) is 0.820. The van der Waals surface area contributed by atoms with Crippen molar-refractivity contribution in [2.75, 3.05) is 0 Å². The summed E-state index contributed by atoms with van der Waals surface area (Å²) in [5, 5.41) is 13.2. The monoisotopic (exact) mass is 220 g/mol. The minimum atomic E-state index is -1.02. The topological polar surface area (TPSA) is 72.4 Å². The van der Waals surface area contributed by atoms with Gasteiger partial charge >= 0.3 is 5.97 Å². The lowest BCUT2D eigenvalue weighted by Gasteiger charge is -2.23. The first-order chi connectivity index (χ1) is 7.66. The first-order valence-electron chi connectivity index (χ1n) is 5.32. The summed E-state index contributed by atoms with van der Waals surface area (Å²) in [5.74, 6) is 1.10. The third kappa shape index (κ3) is 1.16. The highest BCUT2D eigenvalue weighted by atomic mass is 16.4. The number of aromatic nitrogens is 4. The summed E-state index contributed by atoms with van der Waals surface area (Å²) in [6, 6.07) is 0. The van der Waals surface area contributed by atoms with Crippen LogP contribution >= 0.6 is 0 Å². The van der Waals surface area contributed by atoms with Crippen molar-refractivity contribution in [2.45, 2.75) is 25.2 Å². The molecule has 3 rings (SSSR count). The van der Waals surface area contributed by atoms with Crippen LogP contribution in [-0.2, 0) is 7.05 Å². The van der Waals surface area contributed by atoms with Crippen molar-refractivity contribution in [2.24, 2.45) is 7.05 Å². The van der Waals surface area contributed by atoms with E-state index in [1.165, 1.54) is 25.5 Å². The van der Waals surface area contributed by atoms with Crippen LogP contribution in [0.2, 0.25) is 0 Å². The van der Waals surface area contributed by atoms with E-state index >= 15 is 0 Å². The molecule has 0 amide bonds. The molecule has 1 fully saturated rings. The molecule has 1 saturated carbocycles. The molecule has 1 N–H and O–H groups in total. The molecular weight excluding hydrogens is 208 g/mol. The van der Waals surface area contributed by atoms with Gasteiger partial charge in [0, 0.05) is 13.0 Å². The van der Waals surface area contributed by atoms with Gasteiger partial charge in [0.05, 0.1) is 6.20 Å². The van der Waals surface area contributed by atoms with Gasteiger partial charge in [-0.15, -0.1) is 0 Å². The van der Waals surface area contributed by atoms with Crippen molar-refractivity contribution in [3.8, 4) is 0 Å². The number of carboxylic acids is 1. The van der Waals surface area contributed by atoms with Crippen molar-refractivity contribution in [3.63, 3.8) is 0 Å². The number of fused-ring (bicyclic) bond motifs is 1. The van der Waals surface area contributed by atoms with Crippen LogP contribution in [0.5, 0.6) is 0 Å².